The van der Waals surface area contributed by atoms with Crippen molar-refractivity contribution in [3.05, 3.63) is 34.1 Å². The van der Waals surface area contributed by atoms with E-state index in [1.807, 2.05) is 0 Å². The first-order chi connectivity index (χ1) is 9.56. The molecule has 3 rings (SSSR count). The van der Waals surface area contributed by atoms with Gasteiger partial charge in [0.05, 0.1) is 27.5 Å². The standard InChI is InChI=1S/C11H7Cl2N5OS/c12-5-2-6(13)9-10(18-20-17-9)8(5)16-11(19)7-1-4(14)3-15-7/h1-3,15H,14H2,(H,16,19). The fourth-order valence-electron chi connectivity index (χ4n) is 1.72. The molecule has 3 aromatic rings. The Morgan fingerprint density at radius 2 is 2.00 bits per heavy atom. The van der Waals surface area contributed by atoms with Crippen LogP contribution in [-0.2, 0) is 0 Å². The van der Waals surface area contributed by atoms with Gasteiger partial charge < -0.3 is 16.0 Å². The van der Waals surface area contributed by atoms with E-state index in [1.165, 1.54) is 18.3 Å². The number of anilines is 2. The lowest BCUT2D eigenvalue weighted by molar-refractivity contribution is 0.102. The first-order valence-corrected chi connectivity index (χ1v) is 6.90. The van der Waals surface area contributed by atoms with Crippen molar-refractivity contribution in [1.29, 1.82) is 0 Å². The molecular formula is C11H7Cl2N5OS. The van der Waals surface area contributed by atoms with E-state index < -0.39 is 0 Å². The van der Waals surface area contributed by atoms with E-state index in [0.717, 1.165) is 11.7 Å². The summed E-state index contributed by atoms with van der Waals surface area (Å²) in [6.07, 6.45) is 1.53. The first-order valence-electron chi connectivity index (χ1n) is 5.42. The van der Waals surface area contributed by atoms with Crippen LogP contribution in [0.25, 0.3) is 11.0 Å². The number of rotatable bonds is 2. The number of hydrogen-bond acceptors (Lipinski definition) is 5. The van der Waals surface area contributed by atoms with Crippen molar-refractivity contribution in [1.82, 2.24) is 13.7 Å². The molecule has 0 aliphatic carbocycles. The van der Waals surface area contributed by atoms with Crippen LogP contribution in [0.1, 0.15) is 10.5 Å². The van der Waals surface area contributed by atoms with E-state index in [-0.39, 0.29) is 5.91 Å². The molecule has 0 saturated heterocycles. The lowest BCUT2D eigenvalue weighted by atomic mass is 10.2. The summed E-state index contributed by atoms with van der Waals surface area (Å²) in [6, 6.07) is 3.04. The van der Waals surface area contributed by atoms with Gasteiger partial charge in [-0.2, -0.15) is 8.75 Å². The average molecular weight is 328 g/mol. The lowest BCUT2D eigenvalue weighted by Gasteiger charge is -2.07. The highest BCUT2D eigenvalue weighted by Crippen LogP contribution is 2.35. The van der Waals surface area contributed by atoms with Gasteiger partial charge >= 0.3 is 0 Å². The third-order valence-electron chi connectivity index (χ3n) is 2.63. The molecule has 0 aliphatic rings. The fraction of sp³-hybridized carbons (Fsp3) is 0. The second kappa shape index (κ2) is 4.93. The van der Waals surface area contributed by atoms with Crippen LogP contribution in [-0.4, -0.2) is 19.6 Å². The summed E-state index contributed by atoms with van der Waals surface area (Å²) >= 11 is 13.1. The van der Waals surface area contributed by atoms with Crippen LogP contribution < -0.4 is 11.1 Å². The second-order valence-corrected chi connectivity index (χ2v) is 5.32. The van der Waals surface area contributed by atoms with Gasteiger partial charge in [-0.1, -0.05) is 23.2 Å². The Kier molecular flexibility index (Phi) is 3.25. The monoisotopic (exact) mass is 327 g/mol. The molecule has 0 fully saturated rings. The summed E-state index contributed by atoms with van der Waals surface area (Å²) in [4.78, 5) is 14.9. The topological polar surface area (TPSA) is 96.7 Å². The van der Waals surface area contributed by atoms with Gasteiger partial charge in [0.1, 0.15) is 16.7 Å². The minimum absolute atomic E-state index is 0.295. The smallest absolute Gasteiger partial charge is 0.272 e. The largest absolute Gasteiger partial charge is 0.397 e. The van der Waals surface area contributed by atoms with Crippen molar-refractivity contribution in [2.75, 3.05) is 11.1 Å². The van der Waals surface area contributed by atoms with Crippen molar-refractivity contribution in [2.45, 2.75) is 0 Å². The third kappa shape index (κ3) is 2.20. The van der Waals surface area contributed by atoms with Crippen molar-refractivity contribution in [3.8, 4) is 0 Å². The minimum atomic E-state index is -0.375. The number of H-pyrrole nitrogens is 1. The maximum absolute atomic E-state index is 12.1. The number of amides is 1. The minimum Gasteiger partial charge on any atom is -0.397 e. The molecular weight excluding hydrogens is 321 g/mol. The molecule has 0 bridgehead atoms. The Bertz CT molecular complexity index is 812. The van der Waals surface area contributed by atoms with Crippen LogP contribution in [0.5, 0.6) is 0 Å². The number of benzene rings is 1. The predicted molar refractivity (Wildman–Crippen MR) is 80.6 cm³/mol. The van der Waals surface area contributed by atoms with Crippen molar-refractivity contribution in [3.63, 3.8) is 0 Å². The molecule has 2 aromatic heterocycles. The number of carbonyl (C=O) groups is 1. The normalized spacial score (nSPS) is 10.9. The maximum atomic E-state index is 12.1. The predicted octanol–water partition coefficient (Wildman–Crippen LogP) is 3.16. The quantitative estimate of drug-likeness (QED) is 0.673. The van der Waals surface area contributed by atoms with Gasteiger partial charge in [-0.25, -0.2) is 0 Å². The zero-order valence-electron chi connectivity index (χ0n) is 9.78. The number of carbonyl (C=O) groups excluding carboxylic acids is 1. The summed E-state index contributed by atoms with van der Waals surface area (Å²) in [5.41, 5.74) is 7.69. The van der Waals surface area contributed by atoms with E-state index in [4.69, 9.17) is 28.9 Å². The van der Waals surface area contributed by atoms with Crippen LogP contribution in [0.15, 0.2) is 18.3 Å². The molecule has 1 aromatic carbocycles. The number of nitrogens with one attached hydrogen (secondary N) is 2. The van der Waals surface area contributed by atoms with Crippen molar-refractivity contribution in [2.24, 2.45) is 0 Å². The van der Waals surface area contributed by atoms with E-state index in [2.05, 4.69) is 19.0 Å². The molecule has 4 N–H and O–H groups in total. The molecule has 9 heteroatoms. The second-order valence-electron chi connectivity index (χ2n) is 3.98. The number of hydrogen-bond donors (Lipinski definition) is 3. The fourth-order valence-corrected chi connectivity index (χ4v) is 2.88. The van der Waals surface area contributed by atoms with Crippen LogP contribution >= 0.6 is 34.9 Å². The molecule has 1 amide bonds. The highest BCUT2D eigenvalue weighted by atomic mass is 35.5. The molecule has 6 nitrogen and oxygen atoms in total. The maximum Gasteiger partial charge on any atom is 0.272 e. The molecule has 0 aliphatic heterocycles. The van der Waals surface area contributed by atoms with Crippen molar-refractivity contribution < 1.29 is 4.79 Å². The summed E-state index contributed by atoms with van der Waals surface area (Å²) in [6.45, 7) is 0. The van der Waals surface area contributed by atoms with Gasteiger partial charge in [-0.05, 0) is 12.1 Å². The summed E-state index contributed by atoms with van der Waals surface area (Å²) in [7, 11) is 0. The van der Waals surface area contributed by atoms with Gasteiger partial charge in [0.15, 0.2) is 0 Å². The Labute approximate surface area is 127 Å². The van der Waals surface area contributed by atoms with E-state index in [1.54, 1.807) is 0 Å². The summed E-state index contributed by atoms with van der Waals surface area (Å²) < 4.78 is 8.17. The number of aromatic nitrogens is 3. The number of aromatic amines is 1. The number of nitrogens with zero attached hydrogens (tertiary/aromatic N) is 2. The zero-order valence-corrected chi connectivity index (χ0v) is 12.1. The number of nitrogens with two attached hydrogens (primary N) is 1. The average Bonchev–Trinajstić information content (AvgIpc) is 3.02. The molecule has 0 radical (unpaired) electrons. The van der Waals surface area contributed by atoms with Crippen LogP contribution in [0, 0.1) is 0 Å². The molecule has 0 atom stereocenters. The molecule has 20 heavy (non-hydrogen) atoms. The van der Waals surface area contributed by atoms with Gasteiger partial charge in [-0.15, -0.1) is 0 Å². The van der Waals surface area contributed by atoms with E-state index in [9.17, 15) is 4.79 Å². The first kappa shape index (κ1) is 13.2. The van der Waals surface area contributed by atoms with Crippen LogP contribution in [0.3, 0.4) is 0 Å². The van der Waals surface area contributed by atoms with Crippen molar-refractivity contribution >= 4 is 63.2 Å². The number of halogens is 2. The SMILES string of the molecule is Nc1c[nH]c(C(=O)Nc2c(Cl)cc(Cl)c3nsnc23)c1. The van der Waals surface area contributed by atoms with Crippen LogP contribution in [0.4, 0.5) is 11.4 Å². The van der Waals surface area contributed by atoms with E-state index >= 15 is 0 Å². The molecule has 102 valence electrons. The molecule has 0 unspecified atom stereocenters. The van der Waals surface area contributed by atoms with Gasteiger partial charge in [0.2, 0.25) is 0 Å². The van der Waals surface area contributed by atoms with Gasteiger partial charge in [-0.3, -0.25) is 4.79 Å². The highest BCUT2D eigenvalue weighted by molar-refractivity contribution is 7.00. The highest BCUT2D eigenvalue weighted by Gasteiger charge is 2.17. The number of fused-ring (bicyclic) bond motifs is 1. The Morgan fingerprint density at radius 1 is 1.25 bits per heavy atom. The van der Waals surface area contributed by atoms with Gasteiger partial charge in [0.25, 0.3) is 5.91 Å². The Morgan fingerprint density at radius 3 is 2.70 bits per heavy atom. The summed E-state index contributed by atoms with van der Waals surface area (Å²) in [5, 5.41) is 3.37. The lowest BCUT2D eigenvalue weighted by Crippen LogP contribution is -2.13. The summed E-state index contributed by atoms with van der Waals surface area (Å²) in [5.74, 6) is -0.375. The van der Waals surface area contributed by atoms with E-state index in [0.29, 0.717) is 38.1 Å². The molecule has 0 saturated carbocycles. The zero-order chi connectivity index (χ0) is 14.3. The number of nitrogen functional groups attached to an aromatic ring is 1. The third-order valence-corrected chi connectivity index (χ3v) is 3.75. The Hall–Kier alpha value is -1.83. The van der Waals surface area contributed by atoms with Crippen LogP contribution in [0.2, 0.25) is 10.0 Å². The molecule has 0 spiro atoms. The Balaban J connectivity index is 2.02. The molecule has 2 heterocycles. The van der Waals surface area contributed by atoms with Gasteiger partial charge in [0, 0.05) is 11.9 Å².